The summed E-state index contributed by atoms with van der Waals surface area (Å²) >= 11 is 0. The Morgan fingerprint density at radius 3 is 2.41 bits per heavy atom. The lowest BCUT2D eigenvalue weighted by molar-refractivity contribution is -0.130. The van der Waals surface area contributed by atoms with Crippen molar-refractivity contribution in [2.45, 2.75) is 51.4 Å². The molecule has 0 bridgehead atoms. The highest BCUT2D eigenvalue weighted by atomic mass is 35.5. The summed E-state index contributed by atoms with van der Waals surface area (Å²) in [5.41, 5.74) is 5.42. The number of rotatable bonds is 8. The van der Waals surface area contributed by atoms with Gasteiger partial charge in [-0.25, -0.2) is 0 Å². The highest BCUT2D eigenvalue weighted by Crippen LogP contribution is 2.26. The van der Waals surface area contributed by atoms with Gasteiger partial charge in [0, 0.05) is 20.0 Å². The molecular weight excluding hydrogens is 236 g/mol. The average molecular weight is 263 g/mol. The van der Waals surface area contributed by atoms with Crippen molar-refractivity contribution in [3.8, 4) is 0 Å². The van der Waals surface area contributed by atoms with Crippen LogP contribution in [-0.4, -0.2) is 30.9 Å². The molecule has 1 amide bonds. The van der Waals surface area contributed by atoms with E-state index in [1.807, 2.05) is 11.9 Å². The van der Waals surface area contributed by atoms with E-state index in [4.69, 9.17) is 5.73 Å². The number of carbonyl (C=O) groups is 1. The van der Waals surface area contributed by atoms with Crippen molar-refractivity contribution in [1.29, 1.82) is 0 Å². The maximum Gasteiger partial charge on any atom is 0.222 e. The van der Waals surface area contributed by atoms with Gasteiger partial charge in [-0.3, -0.25) is 4.79 Å². The smallest absolute Gasteiger partial charge is 0.222 e. The van der Waals surface area contributed by atoms with E-state index in [1.165, 1.54) is 19.3 Å². The van der Waals surface area contributed by atoms with E-state index < -0.39 is 0 Å². The Labute approximate surface area is 112 Å². The third-order valence-electron chi connectivity index (χ3n) is 3.53. The number of unbranched alkanes of at least 4 members (excludes halogenated alkanes) is 3. The predicted octanol–water partition coefficient (Wildman–Crippen LogP) is 2.58. The highest BCUT2D eigenvalue weighted by Gasteiger charge is 2.20. The molecule has 0 spiro atoms. The van der Waals surface area contributed by atoms with Gasteiger partial charge in [0.2, 0.25) is 5.91 Å². The molecule has 0 atom stereocenters. The van der Waals surface area contributed by atoms with Gasteiger partial charge in [0.15, 0.2) is 0 Å². The zero-order chi connectivity index (χ0) is 11.8. The van der Waals surface area contributed by atoms with Crippen molar-refractivity contribution in [3.05, 3.63) is 0 Å². The number of halogens is 1. The first kappa shape index (κ1) is 16.7. The van der Waals surface area contributed by atoms with E-state index in [1.54, 1.807) is 0 Å². The second kappa shape index (κ2) is 9.72. The molecule has 102 valence electrons. The molecule has 1 aliphatic rings. The normalized spacial score (nSPS) is 14.9. The Morgan fingerprint density at radius 1 is 1.24 bits per heavy atom. The fraction of sp³-hybridized carbons (Fsp3) is 0.923. The van der Waals surface area contributed by atoms with E-state index in [0.717, 1.165) is 44.7 Å². The number of nitrogens with two attached hydrogens (primary N) is 1. The Morgan fingerprint density at radius 2 is 1.88 bits per heavy atom. The van der Waals surface area contributed by atoms with Crippen molar-refractivity contribution < 1.29 is 4.79 Å². The first-order valence-corrected chi connectivity index (χ1v) is 6.68. The van der Waals surface area contributed by atoms with Crippen molar-refractivity contribution in [1.82, 2.24) is 4.90 Å². The molecule has 0 aliphatic heterocycles. The summed E-state index contributed by atoms with van der Waals surface area (Å²) in [7, 11) is 1.94. The fourth-order valence-corrected chi connectivity index (χ4v) is 2.13. The largest absolute Gasteiger partial charge is 0.345 e. The molecule has 0 saturated heterocycles. The summed E-state index contributed by atoms with van der Waals surface area (Å²) in [5, 5.41) is 0. The van der Waals surface area contributed by atoms with Gasteiger partial charge < -0.3 is 10.6 Å². The first-order valence-electron chi connectivity index (χ1n) is 6.68. The second-order valence-corrected chi connectivity index (χ2v) is 5.02. The van der Waals surface area contributed by atoms with E-state index in [2.05, 4.69) is 0 Å². The van der Waals surface area contributed by atoms with Gasteiger partial charge in [0.1, 0.15) is 0 Å². The molecule has 1 fully saturated rings. The number of hydrogen-bond acceptors (Lipinski definition) is 2. The Balaban J connectivity index is 0.00000256. The van der Waals surface area contributed by atoms with Crippen LogP contribution in [0.1, 0.15) is 51.4 Å². The van der Waals surface area contributed by atoms with Crippen LogP contribution in [0.4, 0.5) is 0 Å². The lowest BCUT2D eigenvalue weighted by Crippen LogP contribution is -2.34. The Kier molecular flexibility index (Phi) is 9.56. The monoisotopic (exact) mass is 262 g/mol. The van der Waals surface area contributed by atoms with Crippen LogP contribution in [0.2, 0.25) is 0 Å². The van der Waals surface area contributed by atoms with Crippen LogP contribution in [0.3, 0.4) is 0 Å². The summed E-state index contributed by atoms with van der Waals surface area (Å²) in [6, 6.07) is 0. The fourth-order valence-electron chi connectivity index (χ4n) is 2.13. The Bertz CT molecular complexity index is 208. The van der Waals surface area contributed by atoms with Gasteiger partial charge in [0.05, 0.1) is 0 Å². The third kappa shape index (κ3) is 6.89. The van der Waals surface area contributed by atoms with Crippen LogP contribution < -0.4 is 5.73 Å². The van der Waals surface area contributed by atoms with Gasteiger partial charge in [-0.05, 0) is 38.1 Å². The minimum absolute atomic E-state index is 0. The van der Waals surface area contributed by atoms with Gasteiger partial charge in [-0.1, -0.05) is 19.3 Å². The molecule has 1 saturated carbocycles. The summed E-state index contributed by atoms with van der Waals surface area (Å²) < 4.78 is 0. The molecule has 0 aromatic carbocycles. The van der Waals surface area contributed by atoms with E-state index >= 15 is 0 Å². The molecule has 2 N–H and O–H groups in total. The van der Waals surface area contributed by atoms with Crippen LogP contribution in [-0.2, 0) is 4.79 Å². The van der Waals surface area contributed by atoms with E-state index in [9.17, 15) is 4.79 Å². The number of amides is 1. The maximum absolute atomic E-state index is 11.8. The molecule has 0 aromatic rings. The van der Waals surface area contributed by atoms with Crippen LogP contribution in [0.5, 0.6) is 0 Å². The number of hydrogen-bond donors (Lipinski definition) is 1. The first-order chi connectivity index (χ1) is 7.74. The summed E-state index contributed by atoms with van der Waals surface area (Å²) in [6.07, 6.45) is 9.11. The van der Waals surface area contributed by atoms with Gasteiger partial charge in [-0.2, -0.15) is 0 Å². The molecule has 3 nitrogen and oxygen atoms in total. The summed E-state index contributed by atoms with van der Waals surface area (Å²) in [6.45, 7) is 1.75. The molecular formula is C13H27ClN2O. The minimum Gasteiger partial charge on any atom is -0.345 e. The molecule has 0 heterocycles. The maximum atomic E-state index is 11.8. The standard InChI is InChI=1S/C13H26N2O.ClH/c1-15(11-12-7-6-8-12)13(16)9-4-2-3-5-10-14;/h12H,2-11,14H2,1H3;1H. The van der Waals surface area contributed by atoms with Crippen molar-refractivity contribution in [2.75, 3.05) is 20.1 Å². The van der Waals surface area contributed by atoms with Gasteiger partial charge in [-0.15, -0.1) is 12.4 Å². The Hall–Kier alpha value is -0.280. The molecule has 4 heteroatoms. The lowest BCUT2D eigenvalue weighted by atomic mass is 9.85. The van der Waals surface area contributed by atoms with Crippen LogP contribution in [0, 0.1) is 5.92 Å². The molecule has 1 rings (SSSR count). The van der Waals surface area contributed by atoms with E-state index in [0.29, 0.717) is 12.3 Å². The molecule has 0 aromatic heterocycles. The molecule has 1 aliphatic carbocycles. The van der Waals surface area contributed by atoms with Gasteiger partial charge >= 0.3 is 0 Å². The summed E-state index contributed by atoms with van der Waals surface area (Å²) in [4.78, 5) is 13.7. The third-order valence-corrected chi connectivity index (χ3v) is 3.53. The van der Waals surface area contributed by atoms with Crippen molar-refractivity contribution in [3.63, 3.8) is 0 Å². The van der Waals surface area contributed by atoms with Crippen LogP contribution in [0.25, 0.3) is 0 Å². The zero-order valence-corrected chi connectivity index (χ0v) is 11.8. The van der Waals surface area contributed by atoms with E-state index in [-0.39, 0.29) is 12.4 Å². The highest BCUT2D eigenvalue weighted by molar-refractivity contribution is 5.85. The summed E-state index contributed by atoms with van der Waals surface area (Å²) in [5.74, 6) is 1.10. The van der Waals surface area contributed by atoms with Crippen molar-refractivity contribution in [2.24, 2.45) is 11.7 Å². The predicted molar refractivity (Wildman–Crippen MR) is 74.4 cm³/mol. The second-order valence-electron chi connectivity index (χ2n) is 5.02. The minimum atomic E-state index is 0. The molecule has 0 unspecified atom stereocenters. The van der Waals surface area contributed by atoms with Crippen molar-refractivity contribution >= 4 is 18.3 Å². The lowest BCUT2D eigenvalue weighted by Gasteiger charge is -2.30. The SMILES string of the molecule is CN(CC1CCC1)C(=O)CCCCCCN.Cl. The number of nitrogens with zero attached hydrogens (tertiary/aromatic N) is 1. The number of carbonyl (C=O) groups excluding carboxylic acids is 1. The molecule has 17 heavy (non-hydrogen) atoms. The van der Waals surface area contributed by atoms with Crippen LogP contribution in [0.15, 0.2) is 0 Å². The quantitative estimate of drug-likeness (QED) is 0.684. The van der Waals surface area contributed by atoms with Gasteiger partial charge in [0.25, 0.3) is 0 Å². The topological polar surface area (TPSA) is 46.3 Å². The average Bonchev–Trinajstić information content (AvgIpc) is 2.22. The molecule has 0 radical (unpaired) electrons. The zero-order valence-electron chi connectivity index (χ0n) is 11.0. The van der Waals surface area contributed by atoms with Crippen LogP contribution >= 0.6 is 12.4 Å².